The lowest BCUT2D eigenvalue weighted by Gasteiger charge is -2.37. The van der Waals surface area contributed by atoms with E-state index in [1.165, 1.54) is 12.3 Å². The molecule has 1 amide bonds. The van der Waals surface area contributed by atoms with Gasteiger partial charge in [0, 0.05) is 56.3 Å². The highest BCUT2D eigenvalue weighted by Gasteiger charge is 2.26. The molecule has 33 heavy (non-hydrogen) atoms. The highest BCUT2D eigenvalue weighted by Crippen LogP contribution is 2.34. The number of nitrogens with one attached hydrogen (secondary N) is 1. The first-order chi connectivity index (χ1) is 16.2. The lowest BCUT2D eigenvalue weighted by Crippen LogP contribution is -2.49. The van der Waals surface area contributed by atoms with Crippen LogP contribution in [0, 0.1) is 5.82 Å². The van der Waals surface area contributed by atoms with Crippen molar-refractivity contribution in [2.75, 3.05) is 36.4 Å². The molecule has 0 unspecified atom stereocenters. The zero-order valence-corrected chi connectivity index (χ0v) is 17.6. The van der Waals surface area contributed by atoms with Crippen LogP contribution in [-0.2, 0) is 6.54 Å². The first-order valence-electron chi connectivity index (χ1n) is 10.5. The van der Waals surface area contributed by atoms with E-state index in [2.05, 4.69) is 20.6 Å². The number of rotatable bonds is 6. The van der Waals surface area contributed by atoms with E-state index in [0.29, 0.717) is 66.8 Å². The van der Waals surface area contributed by atoms with E-state index in [1.807, 2.05) is 11.0 Å². The van der Waals surface area contributed by atoms with Crippen LogP contribution in [0.5, 0.6) is 0 Å². The molecule has 5 rings (SSSR count). The fourth-order valence-corrected chi connectivity index (χ4v) is 3.85. The molecule has 0 radical (unpaired) electrons. The normalized spacial score (nSPS) is 13.8. The fourth-order valence-electron chi connectivity index (χ4n) is 3.85. The van der Waals surface area contributed by atoms with Crippen LogP contribution < -0.4 is 10.2 Å². The molecule has 0 saturated carbocycles. The molecular weight excluding hydrogens is 427 g/mol. The molecule has 1 aliphatic heterocycles. The molecule has 1 saturated heterocycles. The van der Waals surface area contributed by atoms with Gasteiger partial charge in [0.05, 0.1) is 17.8 Å². The van der Waals surface area contributed by atoms with Gasteiger partial charge < -0.3 is 24.2 Å². The van der Waals surface area contributed by atoms with Gasteiger partial charge in [-0.15, -0.1) is 0 Å². The van der Waals surface area contributed by atoms with Crippen LogP contribution in [-0.4, -0.2) is 52.3 Å². The van der Waals surface area contributed by atoms with E-state index in [9.17, 15) is 9.18 Å². The topological polar surface area (TPSA) is 101 Å². The van der Waals surface area contributed by atoms with Crippen molar-refractivity contribution in [2.45, 2.75) is 6.54 Å². The molecule has 1 aliphatic rings. The standard InChI is InChI=1S/C23H21FN6O3/c24-19-5-1-4-18(20-13-17(33-27-20)15-26-21-6-12-32-28-21)22(19)29-8-10-30(11-9-29)23(31)16-3-2-7-25-14-16/h1-7,12-14H,8-11,15H2,(H,26,28). The fraction of sp³-hybridized carbons (Fsp3) is 0.217. The summed E-state index contributed by atoms with van der Waals surface area (Å²) in [6.45, 7) is 2.32. The van der Waals surface area contributed by atoms with Crippen LogP contribution in [0.2, 0.25) is 0 Å². The Balaban J connectivity index is 1.31. The molecular formula is C23H21FN6O3. The predicted molar refractivity (Wildman–Crippen MR) is 118 cm³/mol. The Labute approximate surface area is 188 Å². The summed E-state index contributed by atoms with van der Waals surface area (Å²) in [5, 5.41) is 11.0. The molecule has 1 N–H and O–H groups in total. The highest BCUT2D eigenvalue weighted by molar-refractivity contribution is 5.94. The number of hydrogen-bond acceptors (Lipinski definition) is 8. The van der Waals surface area contributed by atoms with Gasteiger partial charge in [-0.1, -0.05) is 22.4 Å². The van der Waals surface area contributed by atoms with Gasteiger partial charge in [0.2, 0.25) is 0 Å². The first-order valence-corrected chi connectivity index (χ1v) is 10.5. The summed E-state index contributed by atoms with van der Waals surface area (Å²) in [5.41, 5.74) is 2.18. The second-order valence-electron chi connectivity index (χ2n) is 7.57. The molecule has 3 aromatic heterocycles. The van der Waals surface area contributed by atoms with Gasteiger partial charge in [-0.05, 0) is 18.2 Å². The third kappa shape index (κ3) is 4.40. The SMILES string of the molecule is O=C(c1cccnc1)N1CCN(c2c(F)cccc2-c2cc(CNc3ccon3)on2)CC1. The number of anilines is 2. The molecule has 0 bridgehead atoms. The number of halogens is 1. The first kappa shape index (κ1) is 20.7. The van der Waals surface area contributed by atoms with Crippen molar-refractivity contribution in [3.05, 3.63) is 78.3 Å². The molecule has 1 aromatic carbocycles. The average Bonchev–Trinajstić information content (AvgIpc) is 3.55. The van der Waals surface area contributed by atoms with Gasteiger partial charge in [-0.3, -0.25) is 9.78 Å². The maximum Gasteiger partial charge on any atom is 0.255 e. The molecule has 168 valence electrons. The number of piperazine rings is 1. The van der Waals surface area contributed by atoms with Crippen molar-refractivity contribution in [1.29, 1.82) is 0 Å². The second kappa shape index (κ2) is 9.11. The molecule has 0 spiro atoms. The molecule has 0 aliphatic carbocycles. The molecule has 9 nitrogen and oxygen atoms in total. The summed E-state index contributed by atoms with van der Waals surface area (Å²) in [6.07, 6.45) is 4.66. The number of pyridine rings is 1. The Hall–Kier alpha value is -4.21. The van der Waals surface area contributed by atoms with Crippen LogP contribution in [0.3, 0.4) is 0 Å². The monoisotopic (exact) mass is 448 g/mol. The molecule has 0 atom stereocenters. The quantitative estimate of drug-likeness (QED) is 0.479. The van der Waals surface area contributed by atoms with E-state index >= 15 is 0 Å². The maximum absolute atomic E-state index is 15.0. The third-order valence-corrected chi connectivity index (χ3v) is 5.49. The van der Waals surface area contributed by atoms with Crippen LogP contribution in [0.15, 0.2) is 70.2 Å². The highest BCUT2D eigenvalue weighted by atomic mass is 19.1. The third-order valence-electron chi connectivity index (χ3n) is 5.49. The van der Waals surface area contributed by atoms with Crippen molar-refractivity contribution in [3.63, 3.8) is 0 Å². The summed E-state index contributed by atoms with van der Waals surface area (Å²) in [7, 11) is 0. The Morgan fingerprint density at radius 1 is 1.09 bits per heavy atom. The number of amides is 1. The Morgan fingerprint density at radius 2 is 1.97 bits per heavy atom. The number of hydrogen-bond donors (Lipinski definition) is 1. The van der Waals surface area contributed by atoms with E-state index < -0.39 is 0 Å². The van der Waals surface area contributed by atoms with E-state index in [4.69, 9.17) is 9.05 Å². The second-order valence-corrected chi connectivity index (χ2v) is 7.57. The van der Waals surface area contributed by atoms with Gasteiger partial charge in [0.15, 0.2) is 11.6 Å². The number of para-hydroxylation sites is 1. The van der Waals surface area contributed by atoms with Gasteiger partial charge >= 0.3 is 0 Å². The molecule has 4 aromatic rings. The van der Waals surface area contributed by atoms with Crippen molar-refractivity contribution in [3.8, 4) is 11.3 Å². The number of aromatic nitrogens is 3. The van der Waals surface area contributed by atoms with Crippen molar-refractivity contribution >= 4 is 17.4 Å². The minimum absolute atomic E-state index is 0.0720. The molecule has 4 heterocycles. The summed E-state index contributed by atoms with van der Waals surface area (Å²) in [6, 6.07) is 11.8. The number of benzene rings is 1. The smallest absolute Gasteiger partial charge is 0.255 e. The number of carbonyl (C=O) groups excluding carboxylic acids is 1. The van der Waals surface area contributed by atoms with Crippen molar-refractivity contribution in [1.82, 2.24) is 20.2 Å². The average molecular weight is 448 g/mol. The maximum atomic E-state index is 15.0. The minimum atomic E-state index is -0.343. The number of nitrogens with zero attached hydrogens (tertiary/aromatic N) is 5. The van der Waals surface area contributed by atoms with Gasteiger partial charge in [0.1, 0.15) is 17.8 Å². The predicted octanol–water partition coefficient (Wildman–Crippen LogP) is 3.44. The Morgan fingerprint density at radius 3 is 2.73 bits per heavy atom. The summed E-state index contributed by atoms with van der Waals surface area (Å²) < 4.78 is 25.2. The van der Waals surface area contributed by atoms with Crippen molar-refractivity contribution < 1.29 is 18.2 Å². The van der Waals surface area contributed by atoms with Crippen LogP contribution >= 0.6 is 0 Å². The van der Waals surface area contributed by atoms with Gasteiger partial charge in [-0.25, -0.2) is 4.39 Å². The van der Waals surface area contributed by atoms with E-state index in [-0.39, 0.29) is 11.7 Å². The zero-order valence-electron chi connectivity index (χ0n) is 17.6. The Bertz CT molecular complexity index is 1220. The minimum Gasteiger partial charge on any atom is -0.365 e. The van der Waals surface area contributed by atoms with Gasteiger partial charge in [0.25, 0.3) is 5.91 Å². The lowest BCUT2D eigenvalue weighted by atomic mass is 10.1. The summed E-state index contributed by atoms with van der Waals surface area (Å²) >= 11 is 0. The van der Waals surface area contributed by atoms with Crippen LogP contribution in [0.4, 0.5) is 15.9 Å². The summed E-state index contributed by atoms with van der Waals surface area (Å²) in [4.78, 5) is 20.4. The molecule has 1 fully saturated rings. The van der Waals surface area contributed by atoms with Crippen LogP contribution in [0.1, 0.15) is 16.1 Å². The van der Waals surface area contributed by atoms with Crippen molar-refractivity contribution in [2.24, 2.45) is 0 Å². The van der Waals surface area contributed by atoms with E-state index in [0.717, 1.165) is 0 Å². The largest absolute Gasteiger partial charge is 0.365 e. The Kier molecular flexibility index (Phi) is 5.71. The van der Waals surface area contributed by atoms with Crippen LogP contribution in [0.25, 0.3) is 11.3 Å². The van der Waals surface area contributed by atoms with E-state index in [1.54, 1.807) is 47.6 Å². The lowest BCUT2D eigenvalue weighted by molar-refractivity contribution is 0.0746. The summed E-state index contributed by atoms with van der Waals surface area (Å²) in [5.74, 6) is 0.746. The zero-order chi connectivity index (χ0) is 22.6. The molecule has 10 heteroatoms. The number of carbonyl (C=O) groups is 1. The van der Waals surface area contributed by atoms with Gasteiger partial charge in [-0.2, -0.15) is 0 Å².